The molecular weight excluding hydrogens is 506 g/mol. The van der Waals surface area contributed by atoms with Gasteiger partial charge in [-0.1, -0.05) is 24.3 Å². The van der Waals surface area contributed by atoms with Crippen molar-refractivity contribution >= 4 is 17.7 Å². The smallest absolute Gasteiger partial charge is 0.255 e. The zero-order chi connectivity index (χ0) is 27.6. The molecule has 0 saturated carbocycles. The van der Waals surface area contributed by atoms with Crippen LogP contribution in [0.5, 0.6) is 5.75 Å². The minimum absolute atomic E-state index is 0.0549. The lowest BCUT2D eigenvalue weighted by atomic mass is 9.74. The third-order valence-electron chi connectivity index (χ3n) is 9.20. The molecule has 0 aliphatic carbocycles. The van der Waals surface area contributed by atoms with Crippen molar-refractivity contribution in [2.24, 2.45) is 7.05 Å². The predicted octanol–water partition coefficient (Wildman–Crippen LogP) is 3.08. The Kier molecular flexibility index (Phi) is 5.82. The van der Waals surface area contributed by atoms with E-state index in [0.717, 1.165) is 49.5 Å². The van der Waals surface area contributed by atoms with E-state index in [1.54, 1.807) is 4.90 Å². The number of benzene rings is 2. The van der Waals surface area contributed by atoms with Gasteiger partial charge in [0, 0.05) is 53.9 Å². The summed E-state index contributed by atoms with van der Waals surface area (Å²) < 4.78 is 8.20. The monoisotopic (exact) mass is 539 g/mol. The van der Waals surface area contributed by atoms with Gasteiger partial charge in [-0.3, -0.25) is 29.3 Å². The van der Waals surface area contributed by atoms with Crippen molar-refractivity contribution in [1.29, 1.82) is 0 Å². The molecule has 5 heterocycles. The number of imide groups is 1. The van der Waals surface area contributed by atoms with Crippen LogP contribution in [0.3, 0.4) is 0 Å². The largest absolute Gasteiger partial charge is 0.492 e. The van der Waals surface area contributed by atoms with Gasteiger partial charge in [-0.15, -0.1) is 0 Å². The van der Waals surface area contributed by atoms with Crippen LogP contribution in [0, 0.1) is 6.92 Å². The standard InChI is InChI=1S/C31H33N5O4/c1-19-23(16-34(2)33-19)21-5-3-4-20(14-21)15-35-12-10-31(11-13-35)18-40-28-24-17-36(26-8-9-27(37)32-29(26)38)30(39)22(24)6-7-25(28)31/h3-7,14,16,26H,8-13,15,17-18H2,1-2H3,(H,32,37,38)/t26-/m0/s1. The van der Waals surface area contributed by atoms with Crippen LogP contribution in [0.1, 0.15) is 58.4 Å². The fraction of sp³-hybridized carbons (Fsp3) is 0.419. The van der Waals surface area contributed by atoms with Gasteiger partial charge in [-0.25, -0.2) is 0 Å². The Morgan fingerprint density at radius 3 is 2.67 bits per heavy atom. The van der Waals surface area contributed by atoms with E-state index in [0.29, 0.717) is 25.1 Å². The molecule has 3 aromatic rings. The average molecular weight is 540 g/mol. The first-order chi connectivity index (χ1) is 19.3. The summed E-state index contributed by atoms with van der Waals surface area (Å²) in [5.74, 6) is 0.00291. The van der Waals surface area contributed by atoms with Crippen LogP contribution in [0.15, 0.2) is 42.6 Å². The molecule has 9 heteroatoms. The Balaban J connectivity index is 1.06. The number of nitrogens with zero attached hydrogens (tertiary/aromatic N) is 4. The molecule has 1 aromatic heterocycles. The van der Waals surface area contributed by atoms with Crippen LogP contribution in [-0.2, 0) is 35.1 Å². The Morgan fingerprint density at radius 2 is 1.93 bits per heavy atom. The summed E-state index contributed by atoms with van der Waals surface area (Å²) in [5.41, 5.74) is 7.33. The maximum Gasteiger partial charge on any atom is 0.255 e. The molecule has 0 radical (unpaired) electrons. The van der Waals surface area contributed by atoms with Crippen molar-refractivity contribution in [3.8, 4) is 16.9 Å². The SMILES string of the molecule is Cc1nn(C)cc1-c1cccc(CN2CCC3(CC2)COc2c3ccc3c2CN([C@H]2CCC(=O)NC2=O)C3=O)c1. The van der Waals surface area contributed by atoms with Crippen LogP contribution < -0.4 is 10.1 Å². The molecule has 4 aliphatic heterocycles. The number of piperidine rings is 2. The second-order valence-electron chi connectivity index (χ2n) is 11.7. The van der Waals surface area contributed by atoms with Crippen LogP contribution in [-0.4, -0.2) is 63.0 Å². The first kappa shape index (κ1) is 25.0. The third-order valence-corrected chi connectivity index (χ3v) is 9.20. The lowest BCUT2D eigenvalue weighted by Gasteiger charge is -2.38. The highest BCUT2D eigenvalue weighted by Crippen LogP contribution is 2.49. The Bertz CT molecular complexity index is 1550. The molecule has 3 amide bonds. The second kappa shape index (κ2) is 9.30. The maximum atomic E-state index is 13.2. The highest BCUT2D eigenvalue weighted by Gasteiger charge is 2.47. The lowest BCUT2D eigenvalue weighted by molar-refractivity contribution is -0.136. The number of amides is 3. The van der Waals surface area contributed by atoms with Gasteiger partial charge in [0.1, 0.15) is 11.8 Å². The Hall–Kier alpha value is -3.98. The molecule has 2 fully saturated rings. The van der Waals surface area contributed by atoms with Gasteiger partial charge < -0.3 is 9.64 Å². The number of carbonyl (C=O) groups is 3. The molecular formula is C31H33N5O4. The minimum Gasteiger partial charge on any atom is -0.492 e. The van der Waals surface area contributed by atoms with Crippen molar-refractivity contribution in [1.82, 2.24) is 24.9 Å². The predicted molar refractivity (Wildman–Crippen MR) is 148 cm³/mol. The molecule has 4 aliphatic rings. The molecule has 1 atom stereocenters. The van der Waals surface area contributed by atoms with Crippen molar-refractivity contribution in [2.75, 3.05) is 19.7 Å². The molecule has 0 unspecified atom stereocenters. The fourth-order valence-electron chi connectivity index (χ4n) is 7.02. The summed E-state index contributed by atoms with van der Waals surface area (Å²) >= 11 is 0. The third kappa shape index (κ3) is 4.02. The zero-order valence-electron chi connectivity index (χ0n) is 22.9. The topological polar surface area (TPSA) is 96.8 Å². The number of likely N-dealkylation sites (tertiary alicyclic amines) is 1. The number of aromatic nitrogens is 2. The lowest BCUT2D eigenvalue weighted by Crippen LogP contribution is -2.52. The van der Waals surface area contributed by atoms with E-state index in [-0.39, 0.29) is 29.6 Å². The molecule has 1 N–H and O–H groups in total. The molecule has 40 heavy (non-hydrogen) atoms. The fourth-order valence-corrected chi connectivity index (χ4v) is 7.02. The maximum absolute atomic E-state index is 13.2. The molecule has 2 saturated heterocycles. The molecule has 2 aromatic carbocycles. The van der Waals surface area contributed by atoms with Crippen molar-refractivity contribution in [2.45, 2.75) is 57.2 Å². The first-order valence-corrected chi connectivity index (χ1v) is 14.1. The highest BCUT2D eigenvalue weighted by atomic mass is 16.5. The van der Waals surface area contributed by atoms with E-state index in [1.165, 1.54) is 22.3 Å². The number of nitrogens with one attached hydrogen (secondary N) is 1. The minimum atomic E-state index is -0.618. The van der Waals surface area contributed by atoms with Crippen LogP contribution in [0.25, 0.3) is 11.1 Å². The van der Waals surface area contributed by atoms with E-state index in [4.69, 9.17) is 4.74 Å². The van der Waals surface area contributed by atoms with E-state index < -0.39 is 6.04 Å². The quantitative estimate of drug-likeness (QED) is 0.512. The summed E-state index contributed by atoms with van der Waals surface area (Å²) in [6, 6.07) is 12.1. The normalized spacial score (nSPS) is 21.9. The zero-order valence-corrected chi connectivity index (χ0v) is 22.9. The Morgan fingerprint density at radius 1 is 1.10 bits per heavy atom. The molecule has 9 nitrogen and oxygen atoms in total. The first-order valence-electron chi connectivity index (χ1n) is 14.1. The molecule has 7 rings (SSSR count). The van der Waals surface area contributed by atoms with Gasteiger partial charge in [0.15, 0.2) is 0 Å². The number of rotatable bonds is 4. The van der Waals surface area contributed by atoms with Crippen molar-refractivity contribution in [3.63, 3.8) is 0 Å². The number of hydrogen-bond acceptors (Lipinski definition) is 6. The molecule has 0 bridgehead atoms. The van der Waals surface area contributed by atoms with Gasteiger partial charge in [-0.2, -0.15) is 5.10 Å². The Labute approximate surface area is 233 Å². The van der Waals surface area contributed by atoms with Crippen molar-refractivity contribution in [3.05, 3.63) is 70.5 Å². The van der Waals surface area contributed by atoms with Gasteiger partial charge >= 0.3 is 0 Å². The van der Waals surface area contributed by atoms with Crippen molar-refractivity contribution < 1.29 is 19.1 Å². The number of hydrogen-bond donors (Lipinski definition) is 1. The van der Waals surface area contributed by atoms with Crippen LogP contribution in [0.4, 0.5) is 0 Å². The summed E-state index contributed by atoms with van der Waals surface area (Å²) in [4.78, 5) is 41.4. The highest BCUT2D eigenvalue weighted by molar-refractivity contribution is 6.05. The van der Waals surface area contributed by atoms with E-state index >= 15 is 0 Å². The summed E-state index contributed by atoms with van der Waals surface area (Å²) in [6.07, 6.45) is 4.66. The summed E-state index contributed by atoms with van der Waals surface area (Å²) in [7, 11) is 1.95. The number of ether oxygens (including phenoxy) is 1. The van der Waals surface area contributed by atoms with Gasteiger partial charge in [0.2, 0.25) is 11.8 Å². The van der Waals surface area contributed by atoms with E-state index in [9.17, 15) is 14.4 Å². The number of aryl methyl sites for hydroxylation is 2. The number of carbonyl (C=O) groups excluding carboxylic acids is 3. The summed E-state index contributed by atoms with van der Waals surface area (Å²) in [5, 5.41) is 6.87. The number of fused-ring (bicyclic) bond motifs is 4. The summed E-state index contributed by atoms with van der Waals surface area (Å²) in [6.45, 7) is 5.85. The molecule has 1 spiro atoms. The molecule has 206 valence electrons. The van der Waals surface area contributed by atoms with Crippen LogP contribution >= 0.6 is 0 Å². The second-order valence-corrected chi connectivity index (χ2v) is 11.7. The van der Waals surface area contributed by atoms with E-state index in [1.807, 2.05) is 24.7 Å². The van der Waals surface area contributed by atoms with E-state index in [2.05, 4.69) is 51.8 Å². The van der Waals surface area contributed by atoms with Gasteiger partial charge in [0.05, 0.1) is 18.8 Å². The van der Waals surface area contributed by atoms with Gasteiger partial charge in [0.25, 0.3) is 5.91 Å². The van der Waals surface area contributed by atoms with Gasteiger partial charge in [-0.05, 0) is 62.5 Å². The van der Waals surface area contributed by atoms with Crippen LogP contribution in [0.2, 0.25) is 0 Å². The average Bonchev–Trinajstić information content (AvgIpc) is 3.58.